The molecular formula is C23H25NO2. The van der Waals surface area contributed by atoms with Crippen LogP contribution in [0.15, 0.2) is 54.6 Å². The maximum atomic E-state index is 12.0. The number of esters is 1. The van der Waals surface area contributed by atoms with E-state index < -0.39 is 0 Å². The van der Waals surface area contributed by atoms with E-state index in [9.17, 15) is 4.79 Å². The average Bonchev–Trinajstić information content (AvgIpc) is 2.69. The van der Waals surface area contributed by atoms with Gasteiger partial charge in [0.1, 0.15) is 6.10 Å². The number of carbonyl (C=O) groups excluding carboxylic acids is 1. The van der Waals surface area contributed by atoms with E-state index in [1.54, 1.807) is 0 Å². The Kier molecular flexibility index (Phi) is 3.86. The standard InChI is InChI=1S/C23H25NO2/c1-15(25)26-23-19-10-6-5-9-18(19)20-17-11-13-24(14-12-17)22(20)21(23)16-7-3-2-4-8-16/h2-10,17,20-23H,11-14H2,1H3/t20-,21+,22-,23+/m1/s1. The van der Waals surface area contributed by atoms with Gasteiger partial charge in [-0.25, -0.2) is 0 Å². The molecule has 2 bridgehead atoms. The third kappa shape index (κ3) is 2.41. The maximum absolute atomic E-state index is 12.0. The Morgan fingerprint density at radius 1 is 0.923 bits per heavy atom. The summed E-state index contributed by atoms with van der Waals surface area (Å²) in [5.41, 5.74) is 3.91. The van der Waals surface area contributed by atoms with Gasteiger partial charge >= 0.3 is 5.97 Å². The SMILES string of the molecule is CC(=O)O[C@H]1c2ccccc2[C@H]2C3CCN(CC3)[C@H]2[C@@H]1c1ccccc1. The van der Waals surface area contributed by atoms with Crippen molar-refractivity contribution in [2.24, 2.45) is 5.92 Å². The normalized spacial score (nSPS) is 34.7. The summed E-state index contributed by atoms with van der Waals surface area (Å²) < 4.78 is 5.98. The molecule has 0 aromatic heterocycles. The van der Waals surface area contributed by atoms with E-state index in [4.69, 9.17) is 4.74 Å². The molecule has 2 aromatic carbocycles. The summed E-state index contributed by atoms with van der Waals surface area (Å²) in [5.74, 6) is 1.30. The van der Waals surface area contributed by atoms with Gasteiger partial charge in [-0.2, -0.15) is 0 Å². The number of rotatable bonds is 2. The molecule has 3 fully saturated rings. The molecule has 6 rings (SSSR count). The van der Waals surface area contributed by atoms with Gasteiger partial charge in [0.2, 0.25) is 0 Å². The number of piperidine rings is 3. The van der Waals surface area contributed by atoms with Crippen molar-refractivity contribution in [1.82, 2.24) is 4.90 Å². The lowest BCUT2D eigenvalue weighted by molar-refractivity contribution is -0.151. The van der Waals surface area contributed by atoms with Crippen molar-refractivity contribution in [1.29, 1.82) is 0 Å². The summed E-state index contributed by atoms with van der Waals surface area (Å²) in [7, 11) is 0. The zero-order valence-corrected chi connectivity index (χ0v) is 15.2. The van der Waals surface area contributed by atoms with Crippen LogP contribution in [0, 0.1) is 5.92 Å². The van der Waals surface area contributed by atoms with Crippen molar-refractivity contribution in [3.8, 4) is 0 Å². The predicted octanol–water partition coefficient (Wildman–Crippen LogP) is 4.27. The molecule has 4 atom stereocenters. The van der Waals surface area contributed by atoms with Crippen LogP contribution in [-0.4, -0.2) is 30.0 Å². The van der Waals surface area contributed by atoms with E-state index in [2.05, 4.69) is 59.5 Å². The minimum Gasteiger partial charge on any atom is -0.457 e. The Labute approximate surface area is 155 Å². The van der Waals surface area contributed by atoms with Crippen LogP contribution in [0.1, 0.15) is 54.4 Å². The van der Waals surface area contributed by atoms with Gasteiger partial charge in [-0.1, -0.05) is 54.6 Å². The fourth-order valence-corrected chi connectivity index (χ4v) is 5.78. The molecule has 134 valence electrons. The van der Waals surface area contributed by atoms with Crippen molar-refractivity contribution < 1.29 is 9.53 Å². The number of hydrogen-bond acceptors (Lipinski definition) is 3. The molecule has 0 N–H and O–H groups in total. The molecule has 3 aliphatic heterocycles. The van der Waals surface area contributed by atoms with Gasteiger partial charge in [0, 0.05) is 24.8 Å². The molecular weight excluding hydrogens is 322 g/mol. The summed E-state index contributed by atoms with van der Waals surface area (Å²) in [5, 5.41) is 0. The molecule has 26 heavy (non-hydrogen) atoms. The quantitative estimate of drug-likeness (QED) is 0.760. The number of nitrogens with zero attached hydrogens (tertiary/aromatic N) is 1. The second-order valence-corrected chi connectivity index (χ2v) is 7.99. The van der Waals surface area contributed by atoms with Gasteiger partial charge in [0.05, 0.1) is 0 Å². The predicted molar refractivity (Wildman–Crippen MR) is 101 cm³/mol. The number of hydrogen-bond donors (Lipinski definition) is 0. The van der Waals surface area contributed by atoms with E-state index in [-0.39, 0.29) is 18.0 Å². The molecule has 0 radical (unpaired) electrons. The molecule has 1 aliphatic carbocycles. The van der Waals surface area contributed by atoms with Crippen LogP contribution in [0.5, 0.6) is 0 Å². The van der Waals surface area contributed by atoms with Crippen LogP contribution >= 0.6 is 0 Å². The van der Waals surface area contributed by atoms with Gasteiger partial charge in [-0.3, -0.25) is 9.69 Å². The highest BCUT2D eigenvalue weighted by Crippen LogP contribution is 2.57. The number of carbonyl (C=O) groups is 1. The zero-order chi connectivity index (χ0) is 17.7. The van der Waals surface area contributed by atoms with E-state index >= 15 is 0 Å². The van der Waals surface area contributed by atoms with E-state index in [0.29, 0.717) is 12.0 Å². The first kappa shape index (κ1) is 16.1. The molecule has 0 unspecified atom stereocenters. The van der Waals surface area contributed by atoms with Crippen molar-refractivity contribution in [2.45, 2.75) is 43.7 Å². The largest absolute Gasteiger partial charge is 0.457 e. The van der Waals surface area contributed by atoms with E-state index in [1.807, 2.05) is 0 Å². The highest BCUT2D eigenvalue weighted by molar-refractivity contribution is 5.67. The van der Waals surface area contributed by atoms with Crippen molar-refractivity contribution in [3.05, 3.63) is 71.3 Å². The lowest BCUT2D eigenvalue weighted by Gasteiger charge is -2.57. The first-order valence-electron chi connectivity index (χ1n) is 9.79. The Balaban J connectivity index is 1.71. The third-order valence-electron chi connectivity index (χ3n) is 6.70. The van der Waals surface area contributed by atoms with Crippen LogP contribution < -0.4 is 0 Å². The van der Waals surface area contributed by atoms with Gasteiger partial charge in [-0.15, -0.1) is 0 Å². The highest BCUT2D eigenvalue weighted by Gasteiger charge is 2.53. The van der Waals surface area contributed by atoms with Gasteiger partial charge < -0.3 is 4.74 Å². The number of fused-ring (bicyclic) bond motifs is 3. The van der Waals surface area contributed by atoms with Gasteiger partial charge in [0.25, 0.3) is 0 Å². The molecule has 3 nitrogen and oxygen atoms in total. The van der Waals surface area contributed by atoms with E-state index in [0.717, 1.165) is 5.92 Å². The van der Waals surface area contributed by atoms with Crippen LogP contribution in [0.4, 0.5) is 0 Å². The molecule has 4 aliphatic rings. The molecule has 3 saturated heterocycles. The molecule has 0 spiro atoms. The van der Waals surface area contributed by atoms with E-state index in [1.165, 1.54) is 49.5 Å². The number of benzene rings is 2. The fourth-order valence-electron chi connectivity index (χ4n) is 5.78. The first-order chi connectivity index (χ1) is 12.7. The molecule has 3 heterocycles. The van der Waals surface area contributed by atoms with Crippen LogP contribution in [0.2, 0.25) is 0 Å². The Hall–Kier alpha value is -2.13. The molecule has 0 saturated carbocycles. The zero-order valence-electron chi connectivity index (χ0n) is 15.2. The summed E-state index contributed by atoms with van der Waals surface area (Å²) in [6.07, 6.45) is 2.37. The minimum absolute atomic E-state index is 0.194. The lowest BCUT2D eigenvalue weighted by atomic mass is 9.59. The van der Waals surface area contributed by atoms with Crippen molar-refractivity contribution in [3.63, 3.8) is 0 Å². The minimum atomic E-state index is -0.202. The van der Waals surface area contributed by atoms with Crippen molar-refractivity contribution in [2.75, 3.05) is 13.1 Å². The maximum Gasteiger partial charge on any atom is 0.303 e. The lowest BCUT2D eigenvalue weighted by Crippen LogP contribution is -2.58. The molecule has 2 aromatic rings. The van der Waals surface area contributed by atoms with Crippen LogP contribution in [-0.2, 0) is 9.53 Å². The first-order valence-corrected chi connectivity index (χ1v) is 9.79. The molecule has 0 amide bonds. The van der Waals surface area contributed by atoms with Crippen LogP contribution in [0.25, 0.3) is 0 Å². The summed E-state index contributed by atoms with van der Waals surface area (Å²) >= 11 is 0. The topological polar surface area (TPSA) is 29.5 Å². The fraction of sp³-hybridized carbons (Fsp3) is 0.435. The van der Waals surface area contributed by atoms with Crippen molar-refractivity contribution >= 4 is 5.97 Å². The molecule has 3 heteroatoms. The average molecular weight is 347 g/mol. The monoisotopic (exact) mass is 347 g/mol. The Bertz CT molecular complexity index is 810. The second-order valence-electron chi connectivity index (χ2n) is 7.99. The third-order valence-corrected chi connectivity index (χ3v) is 6.70. The summed E-state index contributed by atoms with van der Waals surface area (Å²) in [6.45, 7) is 3.87. The summed E-state index contributed by atoms with van der Waals surface area (Å²) in [6, 6.07) is 19.8. The smallest absolute Gasteiger partial charge is 0.303 e. The summed E-state index contributed by atoms with van der Waals surface area (Å²) in [4.78, 5) is 14.6. The van der Waals surface area contributed by atoms with Gasteiger partial charge in [0.15, 0.2) is 0 Å². The van der Waals surface area contributed by atoms with Crippen LogP contribution in [0.3, 0.4) is 0 Å². The second kappa shape index (κ2) is 6.24. The Morgan fingerprint density at radius 2 is 1.58 bits per heavy atom. The highest BCUT2D eigenvalue weighted by atomic mass is 16.5. The Morgan fingerprint density at radius 3 is 2.27 bits per heavy atom. The van der Waals surface area contributed by atoms with Gasteiger partial charge in [-0.05, 0) is 48.5 Å². The number of ether oxygens (including phenoxy) is 1.